The van der Waals surface area contributed by atoms with Gasteiger partial charge in [0.05, 0.1) is 6.10 Å². The fourth-order valence-corrected chi connectivity index (χ4v) is 4.09. The summed E-state index contributed by atoms with van der Waals surface area (Å²) >= 11 is 0. The molecule has 2 unspecified atom stereocenters. The Labute approximate surface area is 196 Å². The monoisotopic (exact) mass is 452 g/mol. The topological polar surface area (TPSA) is 79.9 Å². The SMILES string of the molecule is CCC(CCc1ccc(OCC(O)C(C)(C)C)c(C)c1)c1ccc2oc(C(=O)O)c(C)c2c1. The van der Waals surface area contributed by atoms with E-state index in [2.05, 4.69) is 25.1 Å². The average Bonchev–Trinajstić information content (AvgIpc) is 3.09. The Morgan fingerprint density at radius 1 is 1.12 bits per heavy atom. The Morgan fingerprint density at radius 2 is 1.85 bits per heavy atom. The number of aryl methyl sites for hydroxylation is 3. The van der Waals surface area contributed by atoms with Gasteiger partial charge in [0.2, 0.25) is 5.76 Å². The fraction of sp³-hybridized carbons (Fsp3) is 0.464. The molecule has 0 aliphatic heterocycles. The van der Waals surface area contributed by atoms with E-state index >= 15 is 0 Å². The summed E-state index contributed by atoms with van der Waals surface area (Å²) in [6.45, 7) is 12.3. The third-order valence-electron chi connectivity index (χ3n) is 6.54. The molecule has 33 heavy (non-hydrogen) atoms. The normalized spacial score (nSPS) is 13.8. The molecule has 178 valence electrons. The summed E-state index contributed by atoms with van der Waals surface area (Å²) in [5, 5.41) is 20.4. The lowest BCUT2D eigenvalue weighted by Gasteiger charge is -2.26. The quantitative estimate of drug-likeness (QED) is 0.379. The summed E-state index contributed by atoms with van der Waals surface area (Å²) in [5.41, 5.74) is 4.61. The third-order valence-corrected chi connectivity index (χ3v) is 6.54. The minimum Gasteiger partial charge on any atom is -0.491 e. The van der Waals surface area contributed by atoms with Crippen molar-refractivity contribution in [3.8, 4) is 5.75 Å². The van der Waals surface area contributed by atoms with Crippen LogP contribution in [0.5, 0.6) is 5.75 Å². The number of benzene rings is 2. The number of rotatable bonds is 9. The molecule has 0 saturated heterocycles. The van der Waals surface area contributed by atoms with Gasteiger partial charge < -0.3 is 19.4 Å². The highest BCUT2D eigenvalue weighted by molar-refractivity contribution is 5.95. The zero-order chi connectivity index (χ0) is 24.3. The van der Waals surface area contributed by atoms with E-state index < -0.39 is 12.1 Å². The number of aliphatic hydroxyl groups excluding tert-OH is 1. The molecule has 0 bridgehead atoms. The number of aromatic carboxylic acids is 1. The predicted octanol–water partition coefficient (Wildman–Crippen LogP) is 6.66. The molecule has 0 amide bonds. The van der Waals surface area contributed by atoms with E-state index in [1.807, 2.05) is 45.9 Å². The molecule has 0 fully saturated rings. The minimum absolute atomic E-state index is 0.0167. The minimum atomic E-state index is -1.03. The number of furan rings is 1. The van der Waals surface area contributed by atoms with Crippen LogP contribution in [0.1, 0.15) is 79.3 Å². The number of carboxylic acid groups (broad SMARTS) is 1. The molecule has 3 aromatic rings. The number of ether oxygens (including phenoxy) is 1. The van der Waals surface area contributed by atoms with Crippen LogP contribution in [0.25, 0.3) is 11.0 Å². The van der Waals surface area contributed by atoms with Gasteiger partial charge in [-0.15, -0.1) is 0 Å². The van der Waals surface area contributed by atoms with Gasteiger partial charge in [-0.3, -0.25) is 0 Å². The van der Waals surface area contributed by atoms with Gasteiger partial charge in [0.1, 0.15) is 17.9 Å². The van der Waals surface area contributed by atoms with Crippen LogP contribution in [0.15, 0.2) is 40.8 Å². The van der Waals surface area contributed by atoms with Gasteiger partial charge in [0.15, 0.2) is 0 Å². The van der Waals surface area contributed by atoms with Crippen molar-refractivity contribution in [1.29, 1.82) is 0 Å². The summed E-state index contributed by atoms with van der Waals surface area (Å²) in [7, 11) is 0. The second kappa shape index (κ2) is 10.0. The van der Waals surface area contributed by atoms with Crippen LogP contribution in [0.2, 0.25) is 0 Å². The number of hydrogen-bond donors (Lipinski definition) is 2. The van der Waals surface area contributed by atoms with Gasteiger partial charge in [-0.2, -0.15) is 0 Å². The number of carbonyl (C=O) groups is 1. The molecular weight excluding hydrogens is 416 g/mol. The first-order chi connectivity index (χ1) is 15.5. The first kappa shape index (κ1) is 24.8. The van der Waals surface area contributed by atoms with Crippen molar-refractivity contribution in [1.82, 2.24) is 0 Å². The molecule has 0 aliphatic carbocycles. The van der Waals surface area contributed by atoms with Crippen molar-refractivity contribution in [2.75, 3.05) is 6.61 Å². The fourth-order valence-electron chi connectivity index (χ4n) is 4.09. The standard InChI is InChI=1S/C28H36O5/c1-7-20(21-11-13-24-22(15-21)18(3)26(33-24)27(30)31)10-8-19-9-12-23(17(2)14-19)32-16-25(29)28(4,5)6/h9,11-15,20,25,29H,7-8,10,16H2,1-6H3,(H,30,31). The zero-order valence-corrected chi connectivity index (χ0v) is 20.6. The lowest BCUT2D eigenvalue weighted by Crippen LogP contribution is -2.32. The third kappa shape index (κ3) is 5.77. The first-order valence-corrected chi connectivity index (χ1v) is 11.7. The van der Waals surface area contributed by atoms with Crippen LogP contribution in [-0.4, -0.2) is 28.9 Å². The highest BCUT2D eigenvalue weighted by Crippen LogP contribution is 2.32. The van der Waals surface area contributed by atoms with Crippen molar-refractivity contribution in [3.63, 3.8) is 0 Å². The molecule has 0 spiro atoms. The number of carboxylic acids is 1. The van der Waals surface area contributed by atoms with Crippen molar-refractivity contribution in [2.45, 2.75) is 72.8 Å². The molecule has 5 heteroatoms. The van der Waals surface area contributed by atoms with Crippen molar-refractivity contribution in [3.05, 3.63) is 64.4 Å². The first-order valence-electron chi connectivity index (χ1n) is 11.7. The van der Waals surface area contributed by atoms with Crippen molar-refractivity contribution < 1.29 is 24.2 Å². The molecule has 2 aromatic carbocycles. The molecule has 1 heterocycles. The van der Waals surface area contributed by atoms with E-state index in [1.54, 1.807) is 6.92 Å². The Kier molecular flexibility index (Phi) is 7.53. The van der Waals surface area contributed by atoms with Crippen LogP contribution >= 0.6 is 0 Å². The lowest BCUT2D eigenvalue weighted by atomic mass is 9.89. The van der Waals surface area contributed by atoms with Crippen LogP contribution in [0, 0.1) is 19.3 Å². The summed E-state index contributed by atoms with van der Waals surface area (Å²) in [6.07, 6.45) is 2.41. The van der Waals surface area contributed by atoms with Gasteiger partial charge in [0, 0.05) is 10.9 Å². The summed E-state index contributed by atoms with van der Waals surface area (Å²) < 4.78 is 11.4. The van der Waals surface area contributed by atoms with E-state index in [9.17, 15) is 15.0 Å². The molecule has 2 atom stereocenters. The van der Waals surface area contributed by atoms with Gasteiger partial charge in [-0.25, -0.2) is 4.79 Å². The molecule has 0 radical (unpaired) electrons. The summed E-state index contributed by atoms with van der Waals surface area (Å²) in [6, 6.07) is 12.3. The van der Waals surface area contributed by atoms with E-state index in [0.29, 0.717) is 17.1 Å². The van der Waals surface area contributed by atoms with Crippen LogP contribution < -0.4 is 4.74 Å². The molecule has 5 nitrogen and oxygen atoms in total. The highest BCUT2D eigenvalue weighted by Gasteiger charge is 2.23. The Hall–Kier alpha value is -2.79. The van der Waals surface area contributed by atoms with Crippen molar-refractivity contribution >= 4 is 16.9 Å². The van der Waals surface area contributed by atoms with E-state index in [1.165, 1.54) is 11.1 Å². The van der Waals surface area contributed by atoms with Crippen LogP contribution in [-0.2, 0) is 6.42 Å². The zero-order valence-electron chi connectivity index (χ0n) is 20.6. The predicted molar refractivity (Wildman–Crippen MR) is 131 cm³/mol. The molecule has 1 aromatic heterocycles. The number of aliphatic hydroxyl groups is 1. The summed E-state index contributed by atoms with van der Waals surface area (Å²) in [5.74, 6) is 0.162. The van der Waals surface area contributed by atoms with Gasteiger partial charge in [-0.05, 0) is 79.3 Å². The van der Waals surface area contributed by atoms with E-state index in [4.69, 9.17) is 9.15 Å². The van der Waals surface area contributed by atoms with Gasteiger partial charge in [0.25, 0.3) is 0 Å². The van der Waals surface area contributed by atoms with Gasteiger partial charge in [-0.1, -0.05) is 45.9 Å². The number of fused-ring (bicyclic) bond motifs is 1. The maximum Gasteiger partial charge on any atom is 0.372 e. The molecule has 0 aliphatic rings. The van der Waals surface area contributed by atoms with Crippen molar-refractivity contribution in [2.24, 2.45) is 5.41 Å². The molecule has 0 saturated carbocycles. The van der Waals surface area contributed by atoms with Crippen LogP contribution in [0.3, 0.4) is 0 Å². The lowest BCUT2D eigenvalue weighted by molar-refractivity contribution is 0.0216. The van der Waals surface area contributed by atoms with E-state index in [0.717, 1.165) is 36.0 Å². The van der Waals surface area contributed by atoms with Gasteiger partial charge >= 0.3 is 5.97 Å². The Balaban J connectivity index is 1.68. The molecular formula is C28H36O5. The molecule has 2 N–H and O–H groups in total. The van der Waals surface area contributed by atoms with E-state index in [-0.39, 0.29) is 17.8 Å². The maximum absolute atomic E-state index is 11.4. The van der Waals surface area contributed by atoms with Crippen LogP contribution in [0.4, 0.5) is 0 Å². The second-order valence-corrected chi connectivity index (χ2v) is 10.1. The average molecular weight is 453 g/mol. The largest absolute Gasteiger partial charge is 0.491 e. The summed E-state index contributed by atoms with van der Waals surface area (Å²) in [4.78, 5) is 11.4. The maximum atomic E-state index is 11.4. The number of hydrogen-bond acceptors (Lipinski definition) is 4. The second-order valence-electron chi connectivity index (χ2n) is 10.1. The highest BCUT2D eigenvalue weighted by atomic mass is 16.5. The smallest absolute Gasteiger partial charge is 0.372 e. The Bertz CT molecular complexity index is 1120. The molecule has 3 rings (SSSR count). The Morgan fingerprint density at radius 3 is 2.45 bits per heavy atom.